The Bertz CT molecular complexity index is 412. The maximum Gasteiger partial charge on any atom is 0.218 e. The van der Waals surface area contributed by atoms with E-state index >= 15 is 0 Å². The van der Waals surface area contributed by atoms with E-state index in [9.17, 15) is 0 Å². The third kappa shape index (κ3) is 3.18. The average Bonchev–Trinajstić information content (AvgIpc) is 2.46. The molecule has 1 fully saturated rings. The molecule has 19 heavy (non-hydrogen) atoms. The lowest BCUT2D eigenvalue weighted by atomic mass is 10.1. The molecule has 106 valence electrons. The molecular weight excluding hydrogens is 238 g/mol. The van der Waals surface area contributed by atoms with Crippen LogP contribution in [0.2, 0.25) is 0 Å². The van der Waals surface area contributed by atoms with Crippen molar-refractivity contribution >= 4 is 5.82 Å². The molecule has 0 unspecified atom stereocenters. The molecule has 0 N–H and O–H groups in total. The van der Waals surface area contributed by atoms with Crippen LogP contribution < -0.4 is 9.64 Å². The summed E-state index contributed by atoms with van der Waals surface area (Å²) in [5.41, 5.74) is 1.18. The highest BCUT2D eigenvalue weighted by molar-refractivity contribution is 5.45. The van der Waals surface area contributed by atoms with Crippen molar-refractivity contribution in [1.29, 1.82) is 0 Å². The first-order chi connectivity index (χ1) is 9.15. The Kier molecular flexibility index (Phi) is 4.64. The lowest BCUT2D eigenvalue weighted by Gasteiger charge is -2.35. The summed E-state index contributed by atoms with van der Waals surface area (Å²) in [4.78, 5) is 9.49. The Morgan fingerprint density at radius 3 is 2.42 bits per heavy atom. The molecule has 0 saturated carbocycles. The molecule has 0 radical (unpaired) electrons. The normalized spacial score (nSPS) is 17.0. The van der Waals surface area contributed by atoms with Crippen LogP contribution in [0.15, 0.2) is 12.1 Å². The van der Waals surface area contributed by atoms with Crippen molar-refractivity contribution in [1.82, 2.24) is 9.88 Å². The molecule has 0 atom stereocenters. The number of hydrogen-bond donors (Lipinski definition) is 0. The molecular formula is C15H25N3O. The fourth-order valence-electron chi connectivity index (χ4n) is 2.51. The van der Waals surface area contributed by atoms with Gasteiger partial charge in [0.25, 0.3) is 0 Å². The minimum atomic E-state index is 0.438. The van der Waals surface area contributed by atoms with Gasteiger partial charge in [-0.3, -0.25) is 0 Å². The van der Waals surface area contributed by atoms with E-state index in [1.54, 1.807) is 7.11 Å². The Morgan fingerprint density at radius 1 is 1.21 bits per heavy atom. The van der Waals surface area contributed by atoms with E-state index in [0.29, 0.717) is 5.92 Å². The topological polar surface area (TPSA) is 28.6 Å². The van der Waals surface area contributed by atoms with Gasteiger partial charge in [0.1, 0.15) is 5.82 Å². The van der Waals surface area contributed by atoms with Gasteiger partial charge in [-0.05, 0) is 24.6 Å². The molecule has 1 saturated heterocycles. The second kappa shape index (κ2) is 6.24. The number of aromatic nitrogens is 1. The molecule has 4 heteroatoms. The zero-order valence-corrected chi connectivity index (χ0v) is 12.5. The monoisotopic (exact) mass is 263 g/mol. The predicted octanol–water partition coefficient (Wildman–Crippen LogP) is 2.36. The van der Waals surface area contributed by atoms with Gasteiger partial charge in [-0.15, -0.1) is 0 Å². The first-order valence-corrected chi connectivity index (χ1v) is 7.18. The third-order valence-corrected chi connectivity index (χ3v) is 3.83. The smallest absolute Gasteiger partial charge is 0.218 e. The maximum absolute atomic E-state index is 5.43. The summed E-state index contributed by atoms with van der Waals surface area (Å²) >= 11 is 0. The predicted molar refractivity (Wildman–Crippen MR) is 79.2 cm³/mol. The minimum absolute atomic E-state index is 0.438. The fraction of sp³-hybridized carbons (Fsp3) is 0.667. The molecule has 0 aliphatic carbocycles. The van der Waals surface area contributed by atoms with E-state index in [-0.39, 0.29) is 0 Å². The van der Waals surface area contributed by atoms with Gasteiger partial charge in [-0.1, -0.05) is 20.8 Å². The first-order valence-electron chi connectivity index (χ1n) is 7.18. The fourth-order valence-corrected chi connectivity index (χ4v) is 2.51. The van der Waals surface area contributed by atoms with E-state index in [4.69, 9.17) is 4.74 Å². The van der Waals surface area contributed by atoms with Crippen molar-refractivity contribution in [3.05, 3.63) is 17.7 Å². The van der Waals surface area contributed by atoms with Gasteiger partial charge in [0.15, 0.2) is 0 Å². The highest BCUT2D eigenvalue weighted by atomic mass is 16.5. The number of rotatable bonds is 4. The second-order valence-electron chi connectivity index (χ2n) is 5.34. The Morgan fingerprint density at radius 2 is 1.89 bits per heavy atom. The van der Waals surface area contributed by atoms with E-state index in [2.05, 4.69) is 47.7 Å². The van der Waals surface area contributed by atoms with Crippen molar-refractivity contribution in [3.8, 4) is 5.88 Å². The van der Waals surface area contributed by atoms with Gasteiger partial charge in [0.05, 0.1) is 7.11 Å². The van der Waals surface area contributed by atoms with Crippen LogP contribution in [-0.2, 0) is 0 Å². The van der Waals surface area contributed by atoms with Crippen LogP contribution in [0.25, 0.3) is 0 Å². The van der Waals surface area contributed by atoms with E-state index in [1.807, 2.05) is 0 Å². The molecule has 4 nitrogen and oxygen atoms in total. The van der Waals surface area contributed by atoms with Crippen LogP contribution in [0.5, 0.6) is 5.88 Å². The summed E-state index contributed by atoms with van der Waals surface area (Å²) in [5.74, 6) is 2.25. The number of likely N-dealkylation sites (N-methyl/N-ethyl adjacent to an activating group) is 1. The van der Waals surface area contributed by atoms with Gasteiger partial charge in [-0.25, -0.2) is 0 Å². The summed E-state index contributed by atoms with van der Waals surface area (Å²) < 4.78 is 5.43. The minimum Gasteiger partial charge on any atom is -0.481 e. The number of hydrogen-bond acceptors (Lipinski definition) is 4. The summed E-state index contributed by atoms with van der Waals surface area (Å²) in [6.07, 6.45) is 0. The van der Waals surface area contributed by atoms with Crippen molar-refractivity contribution in [2.75, 3.05) is 44.7 Å². The van der Waals surface area contributed by atoms with Crippen LogP contribution in [0.4, 0.5) is 5.82 Å². The number of anilines is 1. The summed E-state index contributed by atoms with van der Waals surface area (Å²) in [7, 11) is 1.70. The highest BCUT2D eigenvalue weighted by Gasteiger charge is 2.18. The van der Waals surface area contributed by atoms with Gasteiger partial charge < -0.3 is 14.5 Å². The van der Waals surface area contributed by atoms with E-state index in [0.717, 1.165) is 44.4 Å². The highest BCUT2D eigenvalue weighted by Crippen LogP contribution is 2.27. The number of nitrogens with zero attached hydrogens (tertiary/aromatic N) is 3. The Labute approximate surface area is 116 Å². The molecule has 0 spiro atoms. The third-order valence-electron chi connectivity index (χ3n) is 3.83. The largest absolute Gasteiger partial charge is 0.481 e. The van der Waals surface area contributed by atoms with Gasteiger partial charge >= 0.3 is 0 Å². The van der Waals surface area contributed by atoms with Crippen LogP contribution >= 0.6 is 0 Å². The SMILES string of the molecule is CCN1CCN(c2ccc(C(C)C)c(OC)n2)CC1. The molecule has 2 rings (SSSR count). The maximum atomic E-state index is 5.43. The van der Waals surface area contributed by atoms with Crippen LogP contribution in [0.3, 0.4) is 0 Å². The van der Waals surface area contributed by atoms with E-state index < -0.39 is 0 Å². The number of ether oxygens (including phenoxy) is 1. The summed E-state index contributed by atoms with van der Waals surface area (Å²) in [5, 5.41) is 0. The molecule has 1 aliphatic heterocycles. The van der Waals surface area contributed by atoms with Gasteiger partial charge in [-0.2, -0.15) is 4.98 Å². The zero-order valence-electron chi connectivity index (χ0n) is 12.5. The van der Waals surface area contributed by atoms with Crippen LogP contribution in [0, 0.1) is 0 Å². The van der Waals surface area contributed by atoms with Crippen molar-refractivity contribution < 1.29 is 4.74 Å². The molecule has 0 bridgehead atoms. The lowest BCUT2D eigenvalue weighted by molar-refractivity contribution is 0.270. The number of piperazine rings is 1. The van der Waals surface area contributed by atoms with Gasteiger partial charge in [0.2, 0.25) is 5.88 Å². The molecule has 0 aromatic carbocycles. The standard InChI is InChI=1S/C15H25N3O/c1-5-17-8-10-18(11-9-17)14-7-6-13(12(2)3)15(16-14)19-4/h6-7,12H,5,8-11H2,1-4H3. The summed E-state index contributed by atoms with van der Waals surface area (Å²) in [6, 6.07) is 4.28. The van der Waals surface area contributed by atoms with Crippen LogP contribution in [-0.4, -0.2) is 49.7 Å². The Hall–Kier alpha value is -1.29. The number of pyridine rings is 1. The van der Waals surface area contributed by atoms with Gasteiger partial charge in [0, 0.05) is 31.7 Å². The first kappa shape index (κ1) is 14.1. The average molecular weight is 263 g/mol. The second-order valence-corrected chi connectivity index (χ2v) is 5.34. The van der Waals surface area contributed by atoms with Crippen molar-refractivity contribution in [2.45, 2.75) is 26.7 Å². The van der Waals surface area contributed by atoms with Crippen LogP contribution in [0.1, 0.15) is 32.3 Å². The molecule has 2 heterocycles. The number of methoxy groups -OCH3 is 1. The molecule has 1 aromatic rings. The van der Waals surface area contributed by atoms with E-state index in [1.165, 1.54) is 5.56 Å². The molecule has 1 aromatic heterocycles. The quantitative estimate of drug-likeness (QED) is 0.834. The van der Waals surface area contributed by atoms with Crippen molar-refractivity contribution in [2.24, 2.45) is 0 Å². The lowest BCUT2D eigenvalue weighted by Crippen LogP contribution is -2.46. The summed E-state index contributed by atoms with van der Waals surface area (Å²) in [6.45, 7) is 12.0. The van der Waals surface area contributed by atoms with Crippen molar-refractivity contribution in [3.63, 3.8) is 0 Å². The molecule has 1 aliphatic rings. The zero-order chi connectivity index (χ0) is 13.8. The Balaban J connectivity index is 2.13. The molecule has 0 amide bonds.